The fourth-order valence-electron chi connectivity index (χ4n) is 1.18. The van der Waals surface area contributed by atoms with Gasteiger partial charge in [0.05, 0.1) is 10.1 Å². The largest absolute Gasteiger partial charge is 0.313 e. The Hall–Kier alpha value is -0.140. The molecule has 0 fully saturated rings. The number of hydrogen-bond donors (Lipinski definition) is 2. The fraction of sp³-hybridized carbons (Fsp3) is 0.600. The van der Waals surface area contributed by atoms with Crippen LogP contribution in [0, 0.1) is 0 Å². The van der Waals surface area contributed by atoms with Gasteiger partial charge in [-0.05, 0) is 12.1 Å². The van der Waals surface area contributed by atoms with Crippen LogP contribution in [0.2, 0.25) is 4.34 Å². The number of hydrogen-bond acceptors (Lipinski definition) is 4. The van der Waals surface area contributed by atoms with Gasteiger partial charge in [-0.25, -0.2) is 13.1 Å². The molecule has 7 heteroatoms. The minimum atomic E-state index is -3.22. The van der Waals surface area contributed by atoms with Crippen LogP contribution in [-0.2, 0) is 16.6 Å². The topological polar surface area (TPSA) is 58.2 Å². The van der Waals surface area contributed by atoms with Gasteiger partial charge in [0.25, 0.3) is 0 Å². The molecule has 0 bridgehead atoms. The van der Waals surface area contributed by atoms with E-state index in [0.29, 0.717) is 23.5 Å². The Morgan fingerprint density at radius 3 is 2.65 bits per heavy atom. The van der Waals surface area contributed by atoms with Crippen molar-refractivity contribution >= 4 is 33.0 Å². The molecule has 1 aromatic rings. The van der Waals surface area contributed by atoms with Gasteiger partial charge in [0.1, 0.15) is 0 Å². The summed E-state index contributed by atoms with van der Waals surface area (Å²) >= 11 is 7.14. The Morgan fingerprint density at radius 2 is 2.12 bits per heavy atom. The van der Waals surface area contributed by atoms with Gasteiger partial charge in [-0.3, -0.25) is 0 Å². The van der Waals surface area contributed by atoms with Crippen LogP contribution in [0.5, 0.6) is 0 Å². The molecule has 0 saturated heterocycles. The minimum Gasteiger partial charge on any atom is -0.313 e. The zero-order valence-electron chi connectivity index (χ0n) is 9.86. The number of sulfonamides is 1. The zero-order chi connectivity index (χ0) is 12.9. The highest BCUT2D eigenvalue weighted by atomic mass is 35.5. The van der Waals surface area contributed by atoms with Crippen molar-refractivity contribution in [2.75, 3.05) is 12.3 Å². The lowest BCUT2D eigenvalue weighted by Gasteiger charge is -2.09. The van der Waals surface area contributed by atoms with E-state index in [2.05, 4.69) is 10.0 Å². The Kier molecular flexibility index (Phi) is 5.88. The molecule has 1 aromatic heterocycles. The fourth-order valence-corrected chi connectivity index (χ4v) is 3.21. The molecule has 17 heavy (non-hydrogen) atoms. The highest BCUT2D eigenvalue weighted by Gasteiger charge is 2.10. The van der Waals surface area contributed by atoms with Gasteiger partial charge >= 0.3 is 0 Å². The Bertz CT molecular complexity index is 443. The first-order chi connectivity index (χ1) is 7.89. The molecule has 0 spiro atoms. The molecule has 0 unspecified atom stereocenters. The van der Waals surface area contributed by atoms with Crippen molar-refractivity contribution in [2.45, 2.75) is 26.4 Å². The van der Waals surface area contributed by atoms with Crippen molar-refractivity contribution in [2.24, 2.45) is 0 Å². The highest BCUT2D eigenvalue weighted by molar-refractivity contribution is 7.89. The summed E-state index contributed by atoms with van der Waals surface area (Å²) in [4.78, 5) is 0.912. The first-order valence-electron chi connectivity index (χ1n) is 5.34. The maximum absolute atomic E-state index is 11.6. The van der Waals surface area contributed by atoms with Gasteiger partial charge in [-0.15, -0.1) is 11.3 Å². The van der Waals surface area contributed by atoms with Crippen molar-refractivity contribution < 1.29 is 8.42 Å². The van der Waals surface area contributed by atoms with E-state index in [9.17, 15) is 8.42 Å². The zero-order valence-corrected chi connectivity index (χ0v) is 12.3. The van der Waals surface area contributed by atoms with E-state index in [1.165, 1.54) is 11.3 Å². The molecule has 0 radical (unpaired) electrons. The second-order valence-corrected chi connectivity index (χ2v) is 7.68. The van der Waals surface area contributed by atoms with Crippen LogP contribution in [0.15, 0.2) is 12.1 Å². The number of halogens is 1. The van der Waals surface area contributed by atoms with Crippen molar-refractivity contribution in [3.8, 4) is 0 Å². The SMILES string of the molecule is CC(C)NCCS(=O)(=O)NCc1ccc(Cl)s1. The van der Waals surface area contributed by atoms with Gasteiger partial charge < -0.3 is 5.32 Å². The molecule has 0 aliphatic heterocycles. The Labute approximate surface area is 111 Å². The van der Waals surface area contributed by atoms with Crippen LogP contribution in [-0.4, -0.2) is 26.8 Å². The molecule has 0 atom stereocenters. The summed E-state index contributed by atoms with van der Waals surface area (Å²) in [5.41, 5.74) is 0. The maximum atomic E-state index is 11.6. The minimum absolute atomic E-state index is 0.0876. The lowest BCUT2D eigenvalue weighted by atomic mass is 10.4. The van der Waals surface area contributed by atoms with Crippen molar-refractivity contribution in [1.82, 2.24) is 10.0 Å². The molecule has 2 N–H and O–H groups in total. The van der Waals surface area contributed by atoms with E-state index in [-0.39, 0.29) is 5.75 Å². The quantitative estimate of drug-likeness (QED) is 0.807. The lowest BCUT2D eigenvalue weighted by molar-refractivity contribution is 0.567. The van der Waals surface area contributed by atoms with Crippen LogP contribution in [0.25, 0.3) is 0 Å². The van der Waals surface area contributed by atoms with E-state index in [4.69, 9.17) is 11.6 Å². The number of thiophene rings is 1. The summed E-state index contributed by atoms with van der Waals surface area (Å²) in [5.74, 6) is 0.0876. The van der Waals surface area contributed by atoms with Crippen molar-refractivity contribution in [1.29, 1.82) is 0 Å². The van der Waals surface area contributed by atoms with Crippen molar-refractivity contribution in [3.05, 3.63) is 21.3 Å². The monoisotopic (exact) mass is 296 g/mol. The summed E-state index contributed by atoms with van der Waals surface area (Å²) in [6.45, 7) is 4.72. The molecule has 98 valence electrons. The predicted molar refractivity (Wildman–Crippen MR) is 73.1 cm³/mol. The summed E-state index contributed by atoms with van der Waals surface area (Å²) in [7, 11) is -3.22. The maximum Gasteiger partial charge on any atom is 0.213 e. The normalized spacial score (nSPS) is 12.2. The van der Waals surface area contributed by atoms with Crippen LogP contribution in [0.4, 0.5) is 0 Å². The van der Waals surface area contributed by atoms with E-state index >= 15 is 0 Å². The third kappa shape index (κ3) is 6.38. The highest BCUT2D eigenvalue weighted by Crippen LogP contribution is 2.21. The standard InChI is InChI=1S/C10H17ClN2O2S2/c1-8(2)12-5-6-17(14,15)13-7-9-3-4-10(11)16-9/h3-4,8,12-13H,5-7H2,1-2H3. The molecular formula is C10H17ClN2O2S2. The molecule has 1 rings (SSSR count). The molecular weight excluding hydrogens is 280 g/mol. The summed E-state index contributed by atoms with van der Waals surface area (Å²) in [5, 5.41) is 3.07. The molecule has 0 aromatic carbocycles. The van der Waals surface area contributed by atoms with E-state index in [1.54, 1.807) is 6.07 Å². The van der Waals surface area contributed by atoms with Gasteiger partial charge in [-0.1, -0.05) is 25.4 Å². The molecule has 4 nitrogen and oxygen atoms in total. The van der Waals surface area contributed by atoms with Gasteiger partial charge in [-0.2, -0.15) is 0 Å². The summed E-state index contributed by atoms with van der Waals surface area (Å²) < 4.78 is 26.4. The first kappa shape index (κ1) is 14.9. The number of rotatable bonds is 7. The Morgan fingerprint density at radius 1 is 1.41 bits per heavy atom. The van der Waals surface area contributed by atoms with Gasteiger partial charge in [0.2, 0.25) is 10.0 Å². The Balaban J connectivity index is 2.34. The van der Waals surface area contributed by atoms with Crippen LogP contribution >= 0.6 is 22.9 Å². The van der Waals surface area contributed by atoms with Crippen LogP contribution in [0.1, 0.15) is 18.7 Å². The van der Waals surface area contributed by atoms with Gasteiger partial charge in [0.15, 0.2) is 0 Å². The smallest absolute Gasteiger partial charge is 0.213 e. The molecule has 0 amide bonds. The predicted octanol–water partition coefficient (Wildman–Crippen LogP) is 1.82. The van der Waals surface area contributed by atoms with E-state index in [1.807, 2.05) is 19.9 Å². The third-order valence-electron chi connectivity index (χ3n) is 2.02. The number of nitrogens with one attached hydrogen (secondary N) is 2. The second kappa shape index (κ2) is 6.70. The van der Waals surface area contributed by atoms with E-state index < -0.39 is 10.0 Å². The van der Waals surface area contributed by atoms with Gasteiger partial charge in [0, 0.05) is 24.0 Å². The molecule has 0 aliphatic rings. The van der Waals surface area contributed by atoms with Crippen molar-refractivity contribution in [3.63, 3.8) is 0 Å². The average molecular weight is 297 g/mol. The van der Waals surface area contributed by atoms with Crippen LogP contribution < -0.4 is 10.0 Å². The third-order valence-corrected chi connectivity index (χ3v) is 4.58. The molecule has 1 heterocycles. The average Bonchev–Trinajstić information content (AvgIpc) is 2.61. The van der Waals surface area contributed by atoms with E-state index in [0.717, 1.165) is 4.88 Å². The molecule has 0 aliphatic carbocycles. The second-order valence-electron chi connectivity index (χ2n) is 3.95. The first-order valence-corrected chi connectivity index (χ1v) is 8.18. The summed E-state index contributed by atoms with van der Waals surface area (Å²) in [6, 6.07) is 3.87. The summed E-state index contributed by atoms with van der Waals surface area (Å²) in [6.07, 6.45) is 0. The molecule has 0 saturated carbocycles. The lowest BCUT2D eigenvalue weighted by Crippen LogP contribution is -2.34. The van der Waals surface area contributed by atoms with Crippen LogP contribution in [0.3, 0.4) is 0 Å².